The summed E-state index contributed by atoms with van der Waals surface area (Å²) in [5.74, 6) is 2.11. The highest BCUT2D eigenvalue weighted by Gasteiger charge is 2.15. The van der Waals surface area contributed by atoms with E-state index < -0.39 is 0 Å². The average molecular weight is 495 g/mol. The molecule has 5 heterocycles. The normalized spacial score (nSPS) is 14.2. The molecule has 0 unspecified atom stereocenters. The first-order valence-corrected chi connectivity index (χ1v) is 11.7. The molecule has 0 bridgehead atoms. The van der Waals surface area contributed by atoms with Crippen LogP contribution in [0.5, 0.6) is 0 Å². The number of thiophene rings is 1. The fourth-order valence-electron chi connectivity index (χ4n) is 3.94. The molecular formula is C23H23ClN8OS. The summed E-state index contributed by atoms with van der Waals surface area (Å²) in [5.41, 5.74) is 4.73. The van der Waals surface area contributed by atoms with Crippen molar-refractivity contribution < 1.29 is 4.74 Å². The van der Waals surface area contributed by atoms with Gasteiger partial charge >= 0.3 is 0 Å². The molecule has 6 rings (SSSR count). The second-order valence-electron chi connectivity index (χ2n) is 7.85. The molecule has 1 aliphatic rings. The molecule has 0 aliphatic carbocycles. The molecule has 0 spiro atoms. The highest BCUT2D eigenvalue weighted by Crippen LogP contribution is 2.29. The molecular weight excluding hydrogens is 472 g/mol. The molecule has 0 saturated carbocycles. The zero-order valence-electron chi connectivity index (χ0n) is 18.2. The zero-order chi connectivity index (χ0) is 22.0. The maximum atomic E-state index is 5.45. The molecule has 5 aromatic rings. The number of benzene rings is 1. The Morgan fingerprint density at radius 3 is 2.88 bits per heavy atom. The van der Waals surface area contributed by atoms with Crippen LogP contribution in [-0.4, -0.2) is 61.3 Å². The van der Waals surface area contributed by atoms with Gasteiger partial charge in [0, 0.05) is 25.8 Å². The van der Waals surface area contributed by atoms with Crippen LogP contribution in [0.4, 0.5) is 11.5 Å². The first-order valence-electron chi connectivity index (χ1n) is 10.8. The number of anilines is 2. The molecule has 9 nitrogen and oxygen atoms in total. The van der Waals surface area contributed by atoms with Crippen molar-refractivity contribution in [3.63, 3.8) is 0 Å². The van der Waals surface area contributed by atoms with E-state index in [1.165, 1.54) is 5.56 Å². The second-order valence-corrected chi connectivity index (χ2v) is 8.80. The number of nitrogens with zero attached hydrogens (tertiary/aromatic N) is 5. The van der Waals surface area contributed by atoms with E-state index >= 15 is 0 Å². The third kappa shape index (κ3) is 4.66. The number of aromatic nitrogens is 6. The van der Waals surface area contributed by atoms with E-state index in [0.29, 0.717) is 11.6 Å². The number of imidazole rings is 1. The molecule has 1 aromatic carbocycles. The number of hydrogen-bond donors (Lipinski definition) is 3. The van der Waals surface area contributed by atoms with Crippen LogP contribution in [-0.2, 0) is 11.3 Å². The topological polar surface area (TPSA) is 108 Å². The monoisotopic (exact) mass is 494 g/mol. The Morgan fingerprint density at radius 1 is 1.12 bits per heavy atom. The lowest BCUT2D eigenvalue weighted by Gasteiger charge is -2.26. The summed E-state index contributed by atoms with van der Waals surface area (Å²) in [5, 5.41) is 12.6. The molecule has 1 saturated heterocycles. The minimum atomic E-state index is 0. The Kier molecular flexibility index (Phi) is 6.54. The summed E-state index contributed by atoms with van der Waals surface area (Å²) >= 11 is 1.61. The van der Waals surface area contributed by atoms with Gasteiger partial charge in [0.2, 0.25) is 0 Å². The SMILES string of the molecule is Cl.c1csc(-c2nccc(Nc3cn[nH]c3-c3nc4ccc(CN5CCOCC5)cc4[nH]3)n2)c1. The fraction of sp³-hybridized carbons (Fsp3) is 0.217. The second kappa shape index (κ2) is 9.90. The van der Waals surface area contributed by atoms with Crippen molar-refractivity contribution in [2.45, 2.75) is 6.54 Å². The highest BCUT2D eigenvalue weighted by atomic mass is 35.5. The van der Waals surface area contributed by atoms with E-state index in [4.69, 9.17) is 9.72 Å². The Balaban J connectivity index is 0.00000241. The van der Waals surface area contributed by atoms with Crippen LogP contribution >= 0.6 is 23.7 Å². The molecule has 4 aromatic heterocycles. The predicted molar refractivity (Wildman–Crippen MR) is 136 cm³/mol. The Morgan fingerprint density at radius 2 is 2.03 bits per heavy atom. The average Bonchev–Trinajstić information content (AvgIpc) is 3.60. The standard InChI is InChI=1S/C23H22N8OS.ClH/c1-2-19(33-11-1)22-24-6-5-20(29-22)26-18-13-25-30-21(18)23-27-16-4-3-15(12-17(16)28-23)14-31-7-9-32-10-8-31;/h1-6,11-13H,7-10,14H2,(H,25,30)(H,27,28)(H,24,26,29);1H. The molecule has 174 valence electrons. The molecule has 11 heteroatoms. The van der Waals surface area contributed by atoms with E-state index in [1.54, 1.807) is 23.7 Å². The van der Waals surface area contributed by atoms with Gasteiger partial charge in [-0.05, 0) is 35.2 Å². The lowest BCUT2D eigenvalue weighted by Crippen LogP contribution is -2.35. The summed E-state index contributed by atoms with van der Waals surface area (Å²) in [6.45, 7) is 4.44. The number of morpholine rings is 1. The quantitative estimate of drug-likeness (QED) is 0.319. The fourth-order valence-corrected chi connectivity index (χ4v) is 4.61. The van der Waals surface area contributed by atoms with Crippen molar-refractivity contribution in [2.24, 2.45) is 0 Å². The maximum Gasteiger partial charge on any atom is 0.171 e. The molecule has 0 amide bonds. The first-order chi connectivity index (χ1) is 16.3. The van der Waals surface area contributed by atoms with Crippen molar-refractivity contribution in [1.29, 1.82) is 0 Å². The van der Waals surface area contributed by atoms with Crippen LogP contribution in [0.2, 0.25) is 0 Å². The van der Waals surface area contributed by atoms with Crippen LogP contribution in [0.3, 0.4) is 0 Å². The van der Waals surface area contributed by atoms with Crippen LogP contribution in [0.25, 0.3) is 33.3 Å². The molecule has 1 aliphatic heterocycles. The van der Waals surface area contributed by atoms with E-state index in [9.17, 15) is 0 Å². The van der Waals surface area contributed by atoms with E-state index in [2.05, 4.69) is 53.6 Å². The number of hydrogen-bond acceptors (Lipinski definition) is 8. The van der Waals surface area contributed by atoms with Gasteiger partial charge in [0.25, 0.3) is 0 Å². The van der Waals surface area contributed by atoms with Crippen molar-refractivity contribution >= 4 is 46.3 Å². The number of halogens is 1. The molecule has 34 heavy (non-hydrogen) atoms. The lowest BCUT2D eigenvalue weighted by atomic mass is 10.2. The Hall–Kier alpha value is -3.31. The highest BCUT2D eigenvalue weighted by molar-refractivity contribution is 7.13. The van der Waals surface area contributed by atoms with Crippen LogP contribution in [0.15, 0.2) is 54.2 Å². The van der Waals surface area contributed by atoms with E-state index in [0.717, 1.165) is 66.0 Å². The lowest BCUT2D eigenvalue weighted by molar-refractivity contribution is 0.0342. The van der Waals surface area contributed by atoms with Gasteiger partial charge in [-0.3, -0.25) is 10.00 Å². The third-order valence-electron chi connectivity index (χ3n) is 5.59. The summed E-state index contributed by atoms with van der Waals surface area (Å²) in [4.78, 5) is 20.7. The minimum absolute atomic E-state index is 0. The van der Waals surface area contributed by atoms with Gasteiger partial charge in [-0.1, -0.05) is 12.1 Å². The number of H-pyrrole nitrogens is 2. The van der Waals surface area contributed by atoms with Crippen molar-refractivity contribution in [3.05, 3.63) is 59.7 Å². The van der Waals surface area contributed by atoms with Gasteiger partial charge in [-0.25, -0.2) is 15.0 Å². The number of rotatable bonds is 6. The van der Waals surface area contributed by atoms with Gasteiger partial charge < -0.3 is 15.0 Å². The molecule has 1 fully saturated rings. The van der Waals surface area contributed by atoms with Gasteiger partial charge in [0.1, 0.15) is 11.5 Å². The summed E-state index contributed by atoms with van der Waals surface area (Å²) < 4.78 is 5.45. The minimum Gasteiger partial charge on any atom is -0.379 e. The molecule has 0 atom stereocenters. The van der Waals surface area contributed by atoms with Gasteiger partial charge in [0.05, 0.1) is 41.0 Å². The number of ether oxygens (including phenoxy) is 1. The Bertz CT molecular complexity index is 1380. The number of nitrogens with one attached hydrogen (secondary N) is 3. The summed E-state index contributed by atoms with van der Waals surface area (Å²) in [7, 11) is 0. The van der Waals surface area contributed by atoms with Crippen molar-refractivity contribution in [2.75, 3.05) is 31.6 Å². The third-order valence-corrected chi connectivity index (χ3v) is 6.46. The Labute approximate surface area is 206 Å². The smallest absolute Gasteiger partial charge is 0.171 e. The maximum absolute atomic E-state index is 5.45. The van der Waals surface area contributed by atoms with Crippen LogP contribution in [0, 0.1) is 0 Å². The van der Waals surface area contributed by atoms with Crippen molar-refractivity contribution in [3.8, 4) is 22.2 Å². The molecule has 3 N–H and O–H groups in total. The van der Waals surface area contributed by atoms with Crippen molar-refractivity contribution in [1.82, 2.24) is 35.0 Å². The first kappa shape index (κ1) is 22.5. The largest absolute Gasteiger partial charge is 0.379 e. The molecule has 0 radical (unpaired) electrons. The van der Waals surface area contributed by atoms with Gasteiger partial charge in [-0.2, -0.15) is 5.10 Å². The summed E-state index contributed by atoms with van der Waals surface area (Å²) in [6, 6.07) is 12.2. The van der Waals surface area contributed by atoms with E-state index in [1.807, 2.05) is 23.6 Å². The number of fused-ring (bicyclic) bond motifs is 1. The predicted octanol–water partition coefficient (Wildman–Crippen LogP) is 4.47. The summed E-state index contributed by atoms with van der Waals surface area (Å²) in [6.07, 6.45) is 3.49. The zero-order valence-corrected chi connectivity index (χ0v) is 19.8. The van der Waals surface area contributed by atoms with Crippen LogP contribution < -0.4 is 5.32 Å². The van der Waals surface area contributed by atoms with Gasteiger partial charge in [-0.15, -0.1) is 23.7 Å². The van der Waals surface area contributed by atoms with Gasteiger partial charge in [0.15, 0.2) is 11.6 Å². The van der Waals surface area contributed by atoms with E-state index in [-0.39, 0.29) is 12.4 Å². The van der Waals surface area contributed by atoms with Crippen LogP contribution in [0.1, 0.15) is 5.56 Å². The number of aromatic amines is 2.